The molecule has 0 saturated carbocycles. The van der Waals surface area contributed by atoms with E-state index in [2.05, 4.69) is 15.6 Å². The predicted molar refractivity (Wildman–Crippen MR) is 93.4 cm³/mol. The number of amides is 1. The number of halogens is 2. The van der Waals surface area contributed by atoms with Crippen molar-refractivity contribution in [2.45, 2.75) is 32.2 Å². The molecule has 27 heavy (non-hydrogen) atoms. The second kappa shape index (κ2) is 8.90. The Morgan fingerprint density at radius 2 is 2.19 bits per heavy atom. The van der Waals surface area contributed by atoms with Crippen LogP contribution in [0.25, 0.3) is 0 Å². The van der Waals surface area contributed by atoms with E-state index in [4.69, 9.17) is 9.47 Å². The molecule has 9 heteroatoms. The Morgan fingerprint density at radius 3 is 2.85 bits per heavy atom. The van der Waals surface area contributed by atoms with Crippen LogP contribution in [0.15, 0.2) is 29.3 Å². The molecule has 2 rings (SSSR count). The van der Waals surface area contributed by atoms with Crippen LogP contribution in [-0.4, -0.2) is 49.7 Å². The summed E-state index contributed by atoms with van der Waals surface area (Å²) in [6.07, 6.45) is -0.197. The first-order valence-electron chi connectivity index (χ1n) is 8.54. The van der Waals surface area contributed by atoms with Gasteiger partial charge in [0.2, 0.25) is 11.8 Å². The molecular formula is C18H23F2N3O4. The van der Waals surface area contributed by atoms with Gasteiger partial charge >= 0.3 is 11.9 Å². The van der Waals surface area contributed by atoms with Crippen LogP contribution < -0.4 is 15.4 Å². The molecule has 148 valence electrons. The minimum absolute atomic E-state index is 0.102. The molecule has 0 spiro atoms. The van der Waals surface area contributed by atoms with E-state index in [-0.39, 0.29) is 36.9 Å². The van der Waals surface area contributed by atoms with Crippen molar-refractivity contribution in [1.29, 1.82) is 0 Å². The summed E-state index contributed by atoms with van der Waals surface area (Å²) in [6, 6.07) is 3.63. The van der Waals surface area contributed by atoms with Gasteiger partial charge in [0.05, 0.1) is 26.7 Å². The quantitative estimate of drug-likeness (QED) is 0.662. The van der Waals surface area contributed by atoms with Crippen LogP contribution in [0, 0.1) is 0 Å². The molecule has 0 fully saturated rings. The molecule has 1 unspecified atom stereocenters. The second-order valence-electron chi connectivity index (χ2n) is 6.06. The maximum absolute atomic E-state index is 14.5. The number of esters is 1. The largest absolute Gasteiger partial charge is 0.481 e. The molecule has 1 atom stereocenters. The van der Waals surface area contributed by atoms with E-state index in [0.29, 0.717) is 5.57 Å². The van der Waals surface area contributed by atoms with Gasteiger partial charge in [0.1, 0.15) is 5.69 Å². The van der Waals surface area contributed by atoms with E-state index in [0.717, 1.165) is 0 Å². The summed E-state index contributed by atoms with van der Waals surface area (Å²) >= 11 is 0. The maximum Gasteiger partial charge on any atom is 0.310 e. The average molecular weight is 383 g/mol. The lowest BCUT2D eigenvalue weighted by molar-refractivity contribution is -0.143. The molecule has 2 N–H and O–H groups in total. The van der Waals surface area contributed by atoms with Gasteiger partial charge in [-0.2, -0.15) is 8.78 Å². The predicted octanol–water partition coefficient (Wildman–Crippen LogP) is 1.54. The summed E-state index contributed by atoms with van der Waals surface area (Å²) in [5.74, 6) is -4.06. The Morgan fingerprint density at radius 1 is 1.44 bits per heavy atom. The first-order valence-corrected chi connectivity index (χ1v) is 8.54. The summed E-state index contributed by atoms with van der Waals surface area (Å²) in [4.78, 5) is 27.5. The monoisotopic (exact) mass is 383 g/mol. The maximum atomic E-state index is 14.5. The number of ether oxygens (including phenoxy) is 2. The number of aromatic nitrogens is 1. The zero-order valence-electron chi connectivity index (χ0n) is 15.5. The minimum atomic E-state index is -3.24. The Labute approximate surface area is 156 Å². The zero-order chi connectivity index (χ0) is 20.0. The highest BCUT2D eigenvalue weighted by atomic mass is 19.3. The Bertz CT molecular complexity index is 737. The molecular weight excluding hydrogens is 360 g/mol. The standard InChI is InChI=1S/C18H23F2N3O4/c1-4-27-16(24)8-12-11(2)13(9-21-17(12)25)22-10-18(19,20)14-6-5-7-15(23-14)26-3/h5-7,13,22H,4,8-10H2,1-3H3,(H,21,25). The number of hydrogen-bond acceptors (Lipinski definition) is 6. The smallest absolute Gasteiger partial charge is 0.310 e. The van der Waals surface area contributed by atoms with Gasteiger partial charge in [0.15, 0.2) is 0 Å². The highest BCUT2D eigenvalue weighted by molar-refractivity contribution is 5.99. The van der Waals surface area contributed by atoms with Gasteiger partial charge in [-0.25, -0.2) is 4.98 Å². The number of methoxy groups -OCH3 is 1. The minimum Gasteiger partial charge on any atom is -0.481 e. The number of hydrogen-bond donors (Lipinski definition) is 2. The fourth-order valence-electron chi connectivity index (χ4n) is 2.72. The van der Waals surface area contributed by atoms with Crippen molar-refractivity contribution in [3.8, 4) is 5.88 Å². The molecule has 0 radical (unpaired) electrons. The van der Waals surface area contributed by atoms with E-state index in [9.17, 15) is 18.4 Å². The third-order valence-electron chi connectivity index (χ3n) is 4.24. The third kappa shape index (κ3) is 5.22. The van der Waals surface area contributed by atoms with E-state index in [1.165, 1.54) is 25.3 Å². The van der Waals surface area contributed by atoms with Crippen molar-refractivity contribution >= 4 is 11.9 Å². The van der Waals surface area contributed by atoms with Gasteiger partial charge < -0.3 is 20.1 Å². The van der Waals surface area contributed by atoms with Crippen LogP contribution >= 0.6 is 0 Å². The van der Waals surface area contributed by atoms with Crippen LogP contribution in [0.4, 0.5) is 8.78 Å². The number of pyridine rings is 1. The zero-order valence-corrected chi connectivity index (χ0v) is 15.5. The van der Waals surface area contributed by atoms with Crippen molar-refractivity contribution in [2.24, 2.45) is 0 Å². The first kappa shape index (κ1) is 20.8. The summed E-state index contributed by atoms with van der Waals surface area (Å²) in [7, 11) is 1.35. The fraction of sp³-hybridized carbons (Fsp3) is 0.500. The van der Waals surface area contributed by atoms with E-state index >= 15 is 0 Å². The summed E-state index contributed by atoms with van der Waals surface area (Å²) in [6.45, 7) is 2.98. The third-order valence-corrected chi connectivity index (χ3v) is 4.24. The second-order valence-corrected chi connectivity index (χ2v) is 6.06. The molecule has 1 aromatic heterocycles. The lowest BCUT2D eigenvalue weighted by Crippen LogP contribution is -2.49. The van der Waals surface area contributed by atoms with Crippen molar-refractivity contribution in [1.82, 2.24) is 15.6 Å². The van der Waals surface area contributed by atoms with Crippen LogP contribution in [0.5, 0.6) is 5.88 Å². The Hall–Kier alpha value is -2.55. The highest BCUT2D eigenvalue weighted by Gasteiger charge is 2.35. The van der Waals surface area contributed by atoms with Gasteiger partial charge in [-0.3, -0.25) is 9.59 Å². The van der Waals surface area contributed by atoms with Gasteiger partial charge in [-0.15, -0.1) is 0 Å². The normalized spacial score (nSPS) is 17.5. The lowest BCUT2D eigenvalue weighted by Gasteiger charge is -2.29. The van der Waals surface area contributed by atoms with Crippen molar-refractivity contribution in [2.75, 3.05) is 26.8 Å². The summed E-state index contributed by atoms with van der Waals surface area (Å²) < 4.78 is 38.7. The van der Waals surface area contributed by atoms with Gasteiger partial charge in [-0.05, 0) is 25.5 Å². The molecule has 1 aliphatic rings. The summed E-state index contributed by atoms with van der Waals surface area (Å²) in [5.41, 5.74) is 0.365. The Balaban J connectivity index is 2.10. The van der Waals surface area contributed by atoms with Gasteiger partial charge in [0, 0.05) is 24.2 Å². The number of nitrogens with one attached hydrogen (secondary N) is 2. The van der Waals surface area contributed by atoms with Crippen LogP contribution in [0.3, 0.4) is 0 Å². The lowest BCUT2D eigenvalue weighted by atomic mass is 9.95. The van der Waals surface area contributed by atoms with E-state index in [1.54, 1.807) is 13.8 Å². The number of rotatable bonds is 8. The van der Waals surface area contributed by atoms with Gasteiger partial charge in [0.25, 0.3) is 0 Å². The molecule has 1 amide bonds. The molecule has 7 nitrogen and oxygen atoms in total. The molecule has 0 aliphatic carbocycles. The van der Waals surface area contributed by atoms with Crippen molar-refractivity contribution in [3.63, 3.8) is 0 Å². The Kier molecular flexibility index (Phi) is 6.84. The highest BCUT2D eigenvalue weighted by Crippen LogP contribution is 2.27. The number of carbonyl (C=O) groups is 2. The van der Waals surface area contributed by atoms with Crippen LogP contribution in [0.1, 0.15) is 26.0 Å². The SMILES string of the molecule is CCOC(=O)CC1=C(C)C(NCC(F)(F)c2cccc(OC)n2)CNC1=O. The average Bonchev–Trinajstić information content (AvgIpc) is 2.64. The number of nitrogens with zero attached hydrogens (tertiary/aromatic N) is 1. The topological polar surface area (TPSA) is 89.6 Å². The van der Waals surface area contributed by atoms with Crippen molar-refractivity contribution in [3.05, 3.63) is 35.0 Å². The van der Waals surface area contributed by atoms with Crippen LogP contribution in [-0.2, 0) is 20.2 Å². The van der Waals surface area contributed by atoms with Crippen molar-refractivity contribution < 1.29 is 27.8 Å². The summed E-state index contributed by atoms with van der Waals surface area (Å²) in [5, 5.41) is 5.35. The first-order chi connectivity index (χ1) is 12.8. The molecule has 0 bridgehead atoms. The van der Waals surface area contributed by atoms with Gasteiger partial charge in [-0.1, -0.05) is 6.07 Å². The molecule has 1 aliphatic heterocycles. The van der Waals surface area contributed by atoms with E-state index in [1.807, 2.05) is 0 Å². The fourth-order valence-corrected chi connectivity index (χ4v) is 2.72. The molecule has 0 saturated heterocycles. The van der Waals surface area contributed by atoms with E-state index < -0.39 is 30.2 Å². The number of carbonyl (C=O) groups excluding carboxylic acids is 2. The van der Waals surface area contributed by atoms with Crippen LogP contribution in [0.2, 0.25) is 0 Å². The molecule has 2 heterocycles. The molecule has 1 aromatic rings. The molecule has 0 aromatic carbocycles. The number of alkyl halides is 2.